The van der Waals surface area contributed by atoms with Gasteiger partial charge in [-0.3, -0.25) is 9.59 Å². The van der Waals surface area contributed by atoms with E-state index < -0.39 is 10.0 Å². The minimum atomic E-state index is -3.36. The fourth-order valence-electron chi connectivity index (χ4n) is 2.16. The molecular weight excluding hydrogens is 270 g/mol. The van der Waals surface area contributed by atoms with Crippen molar-refractivity contribution in [1.82, 2.24) is 14.5 Å². The predicted octanol–water partition coefficient (Wildman–Crippen LogP) is -1.24. The molecule has 1 heterocycles. The van der Waals surface area contributed by atoms with Crippen LogP contribution in [0.3, 0.4) is 0 Å². The smallest absolute Gasteiger partial charge is 0.235 e. The molecule has 7 nitrogen and oxygen atoms in total. The Morgan fingerprint density at radius 1 is 1.47 bits per heavy atom. The molecule has 2 fully saturated rings. The van der Waals surface area contributed by atoms with Crippen molar-refractivity contribution < 1.29 is 18.0 Å². The average Bonchev–Trinajstić information content (AvgIpc) is 3.02. The summed E-state index contributed by atoms with van der Waals surface area (Å²) in [4.78, 5) is 25.2. The minimum Gasteiger partial charge on any atom is -0.350 e. The van der Waals surface area contributed by atoms with Crippen molar-refractivity contribution >= 4 is 21.8 Å². The summed E-state index contributed by atoms with van der Waals surface area (Å²) in [5.41, 5.74) is 0. The van der Waals surface area contributed by atoms with Crippen molar-refractivity contribution in [3.63, 3.8) is 0 Å². The van der Waals surface area contributed by atoms with Crippen LogP contribution in [0.25, 0.3) is 0 Å². The van der Waals surface area contributed by atoms with Gasteiger partial charge in [0.05, 0.1) is 18.8 Å². The number of nitrogens with one attached hydrogen (secondary N) is 1. The van der Waals surface area contributed by atoms with Crippen molar-refractivity contribution in [3.05, 3.63) is 0 Å². The van der Waals surface area contributed by atoms with Gasteiger partial charge in [0.25, 0.3) is 0 Å². The van der Waals surface area contributed by atoms with E-state index in [0.717, 1.165) is 23.4 Å². The van der Waals surface area contributed by atoms with E-state index in [4.69, 9.17) is 0 Å². The molecule has 1 aliphatic carbocycles. The van der Waals surface area contributed by atoms with E-state index in [9.17, 15) is 18.0 Å². The fraction of sp³-hybridized carbons (Fsp3) is 0.818. The van der Waals surface area contributed by atoms with Crippen LogP contribution in [0.1, 0.15) is 19.3 Å². The largest absolute Gasteiger partial charge is 0.350 e. The maximum Gasteiger partial charge on any atom is 0.235 e. The molecule has 0 aromatic heterocycles. The molecule has 0 bridgehead atoms. The Hall–Kier alpha value is -1.15. The van der Waals surface area contributed by atoms with Gasteiger partial charge in [-0.1, -0.05) is 0 Å². The van der Waals surface area contributed by atoms with Crippen LogP contribution >= 0.6 is 0 Å². The molecular formula is C11H19N3O4S. The molecule has 1 saturated heterocycles. The summed E-state index contributed by atoms with van der Waals surface area (Å²) < 4.78 is 23.4. The molecule has 0 radical (unpaired) electrons. The molecule has 2 amide bonds. The number of carbonyl (C=O) groups excluding carboxylic acids is 2. The quantitative estimate of drug-likeness (QED) is 0.685. The first-order chi connectivity index (χ1) is 8.77. The van der Waals surface area contributed by atoms with E-state index in [0.29, 0.717) is 19.0 Å². The van der Waals surface area contributed by atoms with E-state index >= 15 is 0 Å². The third-order valence-electron chi connectivity index (χ3n) is 3.44. The van der Waals surface area contributed by atoms with Crippen molar-refractivity contribution in [1.29, 1.82) is 0 Å². The van der Waals surface area contributed by atoms with Crippen LogP contribution in [0.4, 0.5) is 0 Å². The second-order valence-corrected chi connectivity index (χ2v) is 7.35. The lowest BCUT2D eigenvalue weighted by molar-refractivity contribution is -0.128. The van der Waals surface area contributed by atoms with Crippen LogP contribution in [0, 0.1) is 0 Å². The number of rotatable bonds is 5. The number of likely N-dealkylation sites (tertiary alicyclic amines) is 1. The third kappa shape index (κ3) is 3.66. The van der Waals surface area contributed by atoms with Crippen LogP contribution in [0.2, 0.25) is 0 Å². The summed E-state index contributed by atoms with van der Waals surface area (Å²) in [5, 5.41) is 2.72. The summed E-state index contributed by atoms with van der Waals surface area (Å²) in [6.45, 7) is 0.324. The number of hydrogen-bond acceptors (Lipinski definition) is 4. The number of hydrogen-bond donors (Lipinski definition) is 1. The first-order valence-corrected chi connectivity index (χ1v) is 8.12. The van der Waals surface area contributed by atoms with Gasteiger partial charge in [0.1, 0.15) is 0 Å². The number of carbonyl (C=O) groups is 2. The molecule has 1 N–H and O–H groups in total. The SMILES string of the molecule is CN(CC(=O)N[C@@H]1CC(=O)N(C2CC2)C1)S(C)(=O)=O. The van der Waals surface area contributed by atoms with Gasteiger partial charge in [-0.2, -0.15) is 4.31 Å². The van der Waals surface area contributed by atoms with Crippen molar-refractivity contribution in [2.75, 3.05) is 26.4 Å². The average molecular weight is 289 g/mol. The Morgan fingerprint density at radius 3 is 2.63 bits per heavy atom. The first-order valence-electron chi connectivity index (χ1n) is 6.27. The van der Waals surface area contributed by atoms with Crippen molar-refractivity contribution in [2.45, 2.75) is 31.3 Å². The molecule has 1 aliphatic heterocycles. The van der Waals surface area contributed by atoms with Crippen molar-refractivity contribution in [3.8, 4) is 0 Å². The predicted molar refractivity (Wildman–Crippen MR) is 68.8 cm³/mol. The highest BCUT2D eigenvalue weighted by molar-refractivity contribution is 7.88. The lowest BCUT2D eigenvalue weighted by Gasteiger charge is -2.18. The monoisotopic (exact) mass is 289 g/mol. The summed E-state index contributed by atoms with van der Waals surface area (Å²) in [7, 11) is -2.01. The zero-order chi connectivity index (χ0) is 14.2. The molecule has 108 valence electrons. The highest BCUT2D eigenvalue weighted by Crippen LogP contribution is 2.30. The Labute approximate surface area is 113 Å². The lowest BCUT2D eigenvalue weighted by atomic mass is 10.2. The zero-order valence-electron chi connectivity index (χ0n) is 11.1. The second-order valence-electron chi connectivity index (χ2n) is 5.26. The van der Waals surface area contributed by atoms with Gasteiger partial charge in [0, 0.05) is 26.1 Å². The summed E-state index contributed by atoms with van der Waals surface area (Å²) >= 11 is 0. The number of sulfonamides is 1. The molecule has 2 aliphatic rings. The standard InChI is InChI=1S/C11H19N3O4S/c1-13(19(2,17)18)7-10(15)12-8-5-11(16)14(6-8)9-3-4-9/h8-9H,3-7H2,1-2H3,(H,12,15)/t8-/m1/s1. The van der Waals surface area contributed by atoms with Crippen LogP contribution in [0.5, 0.6) is 0 Å². The van der Waals surface area contributed by atoms with Gasteiger partial charge >= 0.3 is 0 Å². The maximum atomic E-state index is 11.7. The highest BCUT2D eigenvalue weighted by Gasteiger charge is 2.39. The molecule has 19 heavy (non-hydrogen) atoms. The van der Waals surface area contributed by atoms with Gasteiger partial charge < -0.3 is 10.2 Å². The fourth-order valence-corrected chi connectivity index (χ4v) is 2.51. The summed E-state index contributed by atoms with van der Waals surface area (Å²) in [6.07, 6.45) is 3.45. The Kier molecular flexibility index (Phi) is 3.82. The molecule has 0 aromatic carbocycles. The van der Waals surface area contributed by atoms with E-state index in [1.807, 2.05) is 4.90 Å². The van der Waals surface area contributed by atoms with Gasteiger partial charge in [0.15, 0.2) is 0 Å². The Balaban J connectivity index is 1.82. The molecule has 2 rings (SSSR count). The normalized spacial score (nSPS) is 24.1. The minimum absolute atomic E-state index is 0.0734. The van der Waals surface area contributed by atoms with E-state index in [1.165, 1.54) is 7.05 Å². The maximum absolute atomic E-state index is 11.7. The zero-order valence-corrected chi connectivity index (χ0v) is 11.9. The number of likely N-dealkylation sites (N-methyl/N-ethyl adjacent to an activating group) is 1. The van der Waals surface area contributed by atoms with Crippen LogP contribution < -0.4 is 5.32 Å². The van der Waals surface area contributed by atoms with Gasteiger partial charge in [-0.05, 0) is 12.8 Å². The molecule has 0 aromatic rings. The molecule has 8 heteroatoms. The van der Waals surface area contributed by atoms with Gasteiger partial charge in [-0.25, -0.2) is 8.42 Å². The van der Waals surface area contributed by atoms with E-state index in [2.05, 4.69) is 5.32 Å². The highest BCUT2D eigenvalue weighted by atomic mass is 32.2. The van der Waals surface area contributed by atoms with Crippen LogP contribution in [-0.2, 0) is 19.6 Å². The molecule has 1 atom stereocenters. The van der Waals surface area contributed by atoms with Crippen LogP contribution in [-0.4, -0.2) is 67.9 Å². The van der Waals surface area contributed by atoms with E-state index in [-0.39, 0.29) is 24.4 Å². The topological polar surface area (TPSA) is 86.8 Å². The number of nitrogens with zero attached hydrogens (tertiary/aromatic N) is 2. The Bertz CT molecular complexity index is 486. The Morgan fingerprint density at radius 2 is 2.11 bits per heavy atom. The van der Waals surface area contributed by atoms with Crippen LogP contribution in [0.15, 0.2) is 0 Å². The molecule has 1 saturated carbocycles. The summed E-state index contributed by atoms with van der Waals surface area (Å²) in [6, 6.07) is 0.154. The summed E-state index contributed by atoms with van der Waals surface area (Å²) in [5.74, 6) is -0.298. The molecule has 0 spiro atoms. The van der Waals surface area contributed by atoms with E-state index in [1.54, 1.807) is 0 Å². The second kappa shape index (κ2) is 5.09. The lowest BCUT2D eigenvalue weighted by Crippen LogP contribution is -2.43. The first kappa shape index (κ1) is 14.3. The third-order valence-corrected chi connectivity index (χ3v) is 4.71. The van der Waals surface area contributed by atoms with Gasteiger partial charge in [0.2, 0.25) is 21.8 Å². The molecule has 0 unspecified atom stereocenters. The number of amides is 2. The van der Waals surface area contributed by atoms with Gasteiger partial charge in [-0.15, -0.1) is 0 Å². The van der Waals surface area contributed by atoms with Crippen molar-refractivity contribution in [2.24, 2.45) is 0 Å².